The van der Waals surface area contributed by atoms with Crippen LogP contribution in [0.15, 0.2) is 28.8 Å². The number of hydrogen-bond acceptors (Lipinski definition) is 5. The lowest BCUT2D eigenvalue weighted by Crippen LogP contribution is -2.38. The molecular formula is C11H12N2O5S. The van der Waals surface area contributed by atoms with Gasteiger partial charge < -0.3 is 9.63 Å². The summed E-state index contributed by atoms with van der Waals surface area (Å²) in [7, 11) is -3.79. The van der Waals surface area contributed by atoms with Gasteiger partial charge in [0.25, 0.3) is 0 Å². The summed E-state index contributed by atoms with van der Waals surface area (Å²) in [6, 6.07) is 5.66. The minimum Gasteiger partial charge on any atom is -0.480 e. The first-order valence-corrected chi connectivity index (χ1v) is 7.10. The van der Waals surface area contributed by atoms with E-state index in [1.807, 2.05) is 4.72 Å². The fourth-order valence-corrected chi connectivity index (χ4v) is 2.87. The van der Waals surface area contributed by atoms with Gasteiger partial charge in [0.2, 0.25) is 10.0 Å². The van der Waals surface area contributed by atoms with Gasteiger partial charge in [0.05, 0.1) is 0 Å². The summed E-state index contributed by atoms with van der Waals surface area (Å²) in [5.41, 5.74) is 0.736. The van der Waals surface area contributed by atoms with Crippen LogP contribution in [0.4, 0.5) is 0 Å². The number of carbonyl (C=O) groups is 1. The fraction of sp³-hybridized carbons (Fsp3) is 0.273. The second kappa shape index (κ2) is 4.98. The molecule has 1 heterocycles. The number of aliphatic carboxylic acids is 1. The third-order valence-electron chi connectivity index (χ3n) is 2.51. The summed E-state index contributed by atoms with van der Waals surface area (Å²) >= 11 is 0. The van der Waals surface area contributed by atoms with Gasteiger partial charge in [-0.15, -0.1) is 0 Å². The van der Waals surface area contributed by atoms with Crippen molar-refractivity contribution in [3.63, 3.8) is 0 Å². The Morgan fingerprint density at radius 1 is 1.47 bits per heavy atom. The number of sulfonamides is 1. The summed E-state index contributed by atoms with van der Waals surface area (Å²) in [6.45, 7) is 1.25. The number of carboxylic acids is 1. The lowest BCUT2D eigenvalue weighted by Gasteiger charge is -2.08. The first kappa shape index (κ1) is 13.5. The van der Waals surface area contributed by atoms with Crippen molar-refractivity contribution in [3.8, 4) is 0 Å². The minimum atomic E-state index is -3.79. The van der Waals surface area contributed by atoms with Crippen LogP contribution in [0.25, 0.3) is 11.0 Å². The Bertz CT molecular complexity index is 707. The van der Waals surface area contributed by atoms with Gasteiger partial charge in [-0.05, 0) is 19.1 Å². The van der Waals surface area contributed by atoms with E-state index in [9.17, 15) is 13.2 Å². The number of fused-ring (bicyclic) bond motifs is 1. The van der Waals surface area contributed by atoms with E-state index in [4.69, 9.17) is 9.63 Å². The number of nitrogens with one attached hydrogen (secondary N) is 1. The number of aromatic nitrogens is 1. The average molecular weight is 284 g/mol. The standard InChI is InChI=1S/C11H12N2O5S/c1-7(11(14)15)13-19(16,17)6-9-8-4-2-3-5-10(8)18-12-9/h2-5,7,13H,6H2,1H3,(H,14,15). The first-order chi connectivity index (χ1) is 8.89. The highest BCUT2D eigenvalue weighted by molar-refractivity contribution is 7.88. The van der Waals surface area contributed by atoms with E-state index in [1.165, 1.54) is 6.92 Å². The van der Waals surface area contributed by atoms with Crippen LogP contribution < -0.4 is 4.72 Å². The van der Waals surface area contributed by atoms with Crippen molar-refractivity contribution in [1.82, 2.24) is 9.88 Å². The van der Waals surface area contributed by atoms with E-state index < -0.39 is 27.8 Å². The number of rotatable bonds is 5. The molecule has 0 aliphatic carbocycles. The van der Waals surface area contributed by atoms with Crippen molar-refractivity contribution in [1.29, 1.82) is 0 Å². The third kappa shape index (κ3) is 3.09. The van der Waals surface area contributed by atoms with Crippen molar-refractivity contribution in [2.24, 2.45) is 0 Å². The Labute approximate surface area is 109 Å². The summed E-state index contributed by atoms with van der Waals surface area (Å²) in [4.78, 5) is 10.6. The zero-order chi connectivity index (χ0) is 14.0. The summed E-state index contributed by atoms with van der Waals surface area (Å²) < 4.78 is 30.6. The van der Waals surface area contributed by atoms with E-state index >= 15 is 0 Å². The number of para-hydroxylation sites is 1. The fourth-order valence-electron chi connectivity index (χ4n) is 1.58. The number of carboxylic acid groups (broad SMARTS) is 1. The van der Waals surface area contributed by atoms with Crippen LogP contribution in [0.5, 0.6) is 0 Å². The van der Waals surface area contributed by atoms with Gasteiger partial charge in [-0.2, -0.15) is 0 Å². The smallest absolute Gasteiger partial charge is 0.321 e. The minimum absolute atomic E-state index is 0.251. The van der Waals surface area contributed by atoms with Crippen LogP contribution in [-0.2, 0) is 20.6 Å². The molecule has 2 aromatic rings. The molecule has 19 heavy (non-hydrogen) atoms. The second-order valence-electron chi connectivity index (χ2n) is 4.06. The van der Waals surface area contributed by atoms with E-state index in [0.29, 0.717) is 11.0 Å². The molecule has 0 aliphatic heterocycles. The highest BCUT2D eigenvalue weighted by Gasteiger charge is 2.22. The van der Waals surface area contributed by atoms with Crippen LogP contribution >= 0.6 is 0 Å². The van der Waals surface area contributed by atoms with Crippen molar-refractivity contribution < 1.29 is 22.8 Å². The van der Waals surface area contributed by atoms with Crippen LogP contribution in [-0.4, -0.2) is 30.7 Å². The summed E-state index contributed by atoms with van der Waals surface area (Å²) in [6.07, 6.45) is 0. The van der Waals surface area contributed by atoms with Gasteiger partial charge in [0.15, 0.2) is 5.58 Å². The topological polar surface area (TPSA) is 110 Å². The van der Waals surface area contributed by atoms with Crippen LogP contribution in [0, 0.1) is 0 Å². The zero-order valence-corrected chi connectivity index (χ0v) is 10.8. The molecule has 7 nitrogen and oxygen atoms in total. The molecule has 1 aromatic carbocycles. The second-order valence-corrected chi connectivity index (χ2v) is 5.82. The SMILES string of the molecule is CC(NS(=O)(=O)Cc1noc2ccccc12)C(=O)O. The monoisotopic (exact) mass is 284 g/mol. The largest absolute Gasteiger partial charge is 0.480 e. The number of benzene rings is 1. The van der Waals surface area contributed by atoms with Crippen LogP contribution in [0.1, 0.15) is 12.6 Å². The van der Waals surface area contributed by atoms with Gasteiger partial charge in [0, 0.05) is 5.39 Å². The van der Waals surface area contributed by atoms with Crippen molar-refractivity contribution in [2.45, 2.75) is 18.7 Å². The summed E-state index contributed by atoms with van der Waals surface area (Å²) in [5, 5.41) is 13.0. The maximum Gasteiger partial charge on any atom is 0.321 e. The molecule has 0 fully saturated rings. The van der Waals surface area contributed by atoms with E-state index in [1.54, 1.807) is 24.3 Å². The van der Waals surface area contributed by atoms with Crippen molar-refractivity contribution in [3.05, 3.63) is 30.0 Å². The maximum atomic E-state index is 11.8. The first-order valence-electron chi connectivity index (χ1n) is 5.45. The molecule has 1 atom stereocenters. The predicted molar refractivity (Wildman–Crippen MR) is 66.9 cm³/mol. The Hall–Kier alpha value is -1.93. The van der Waals surface area contributed by atoms with Gasteiger partial charge >= 0.3 is 5.97 Å². The lowest BCUT2D eigenvalue weighted by atomic mass is 10.2. The van der Waals surface area contributed by atoms with Crippen LogP contribution in [0.3, 0.4) is 0 Å². The van der Waals surface area contributed by atoms with Gasteiger partial charge in [0.1, 0.15) is 17.5 Å². The van der Waals surface area contributed by atoms with Gasteiger partial charge in [-0.3, -0.25) is 4.79 Å². The van der Waals surface area contributed by atoms with E-state index in [0.717, 1.165) is 0 Å². The average Bonchev–Trinajstić information content (AvgIpc) is 2.71. The molecule has 1 unspecified atom stereocenters. The molecule has 2 rings (SSSR count). The molecule has 1 aromatic heterocycles. The maximum absolute atomic E-state index is 11.8. The molecule has 0 amide bonds. The Morgan fingerprint density at radius 3 is 2.84 bits per heavy atom. The number of hydrogen-bond donors (Lipinski definition) is 2. The third-order valence-corrected chi connectivity index (χ3v) is 3.87. The van der Waals surface area contributed by atoms with Crippen molar-refractivity contribution >= 4 is 27.0 Å². The van der Waals surface area contributed by atoms with Crippen LogP contribution in [0.2, 0.25) is 0 Å². The molecular weight excluding hydrogens is 272 g/mol. The quantitative estimate of drug-likeness (QED) is 0.837. The molecule has 0 saturated heterocycles. The molecule has 0 radical (unpaired) electrons. The Balaban J connectivity index is 2.23. The molecule has 0 spiro atoms. The van der Waals surface area contributed by atoms with E-state index in [-0.39, 0.29) is 5.69 Å². The molecule has 8 heteroatoms. The summed E-state index contributed by atoms with van der Waals surface area (Å²) in [5.74, 6) is -1.67. The van der Waals surface area contributed by atoms with Gasteiger partial charge in [-0.1, -0.05) is 17.3 Å². The Morgan fingerprint density at radius 2 is 2.16 bits per heavy atom. The molecule has 0 aliphatic rings. The van der Waals surface area contributed by atoms with E-state index in [2.05, 4.69) is 5.16 Å². The zero-order valence-electron chi connectivity index (χ0n) is 10.0. The highest BCUT2D eigenvalue weighted by atomic mass is 32.2. The molecule has 0 bridgehead atoms. The highest BCUT2D eigenvalue weighted by Crippen LogP contribution is 2.19. The molecule has 102 valence electrons. The van der Waals surface area contributed by atoms with Crippen molar-refractivity contribution in [2.75, 3.05) is 0 Å². The molecule has 2 N–H and O–H groups in total. The molecule has 0 saturated carbocycles. The predicted octanol–water partition coefficient (Wildman–Crippen LogP) is 0.720. The number of nitrogens with zero attached hydrogens (tertiary/aromatic N) is 1. The Kier molecular flexibility index (Phi) is 3.54. The van der Waals surface area contributed by atoms with Gasteiger partial charge in [-0.25, -0.2) is 13.1 Å². The normalized spacial score (nSPS) is 13.5. The lowest BCUT2D eigenvalue weighted by molar-refractivity contribution is -0.138.